The first-order valence-corrected chi connectivity index (χ1v) is 14.6. The number of hydrogen-bond acceptors (Lipinski definition) is 8. The molecule has 4 N–H and O–H groups in total. The van der Waals surface area contributed by atoms with Crippen LogP contribution in [-0.2, 0) is 19.1 Å². The molecule has 5 rings (SSSR count). The van der Waals surface area contributed by atoms with Crippen molar-refractivity contribution in [3.63, 3.8) is 0 Å². The van der Waals surface area contributed by atoms with Crippen LogP contribution in [0, 0.1) is 17.8 Å². The van der Waals surface area contributed by atoms with Gasteiger partial charge in [-0.25, -0.2) is 0 Å². The Balaban J connectivity index is 1.16. The molecule has 10 atom stereocenters. The number of fused-ring (bicyclic) bond motifs is 1. The molecule has 0 radical (unpaired) electrons. The number of piperidine rings is 2. The lowest BCUT2D eigenvalue weighted by atomic mass is 9.70. The molecule has 0 saturated carbocycles. The van der Waals surface area contributed by atoms with Gasteiger partial charge in [-0.05, 0) is 50.9 Å². The van der Waals surface area contributed by atoms with Gasteiger partial charge in [-0.3, -0.25) is 20.2 Å². The molecule has 0 spiro atoms. The Morgan fingerprint density at radius 2 is 2.00 bits per heavy atom. The van der Waals surface area contributed by atoms with Crippen molar-refractivity contribution in [2.24, 2.45) is 17.8 Å². The number of rotatable bonds is 5. The highest BCUT2D eigenvalue weighted by Gasteiger charge is 2.47. The average Bonchev–Trinajstić information content (AvgIpc) is 3.42. The van der Waals surface area contributed by atoms with Crippen molar-refractivity contribution in [2.45, 2.75) is 79.6 Å². The van der Waals surface area contributed by atoms with Crippen LogP contribution in [0.4, 0.5) is 0 Å². The van der Waals surface area contributed by atoms with E-state index in [1.165, 1.54) is 0 Å². The summed E-state index contributed by atoms with van der Waals surface area (Å²) in [4.78, 5) is 28.3. The second-order valence-corrected chi connectivity index (χ2v) is 12.7. The van der Waals surface area contributed by atoms with Gasteiger partial charge >= 0.3 is 0 Å². The zero-order valence-corrected chi connectivity index (χ0v) is 22.3. The van der Waals surface area contributed by atoms with Crippen LogP contribution in [0.3, 0.4) is 0 Å². The zero-order valence-electron chi connectivity index (χ0n) is 20.7. The minimum atomic E-state index is -0.278. The fourth-order valence-corrected chi connectivity index (χ4v) is 8.29. The molecule has 11 heteroatoms. The van der Waals surface area contributed by atoms with Crippen LogP contribution < -0.4 is 21.3 Å². The average molecular weight is 530 g/mol. The zero-order chi connectivity index (χ0) is 24.5. The van der Waals surface area contributed by atoms with Gasteiger partial charge in [0, 0.05) is 57.2 Å². The number of nitrogens with zero attached hydrogens (tertiary/aromatic N) is 1. The van der Waals surface area contributed by atoms with Crippen molar-refractivity contribution in [1.82, 2.24) is 26.2 Å². The summed E-state index contributed by atoms with van der Waals surface area (Å²) in [5, 5.41) is 13.9. The summed E-state index contributed by atoms with van der Waals surface area (Å²) in [6.45, 7) is 5.63. The number of halogens is 1. The predicted molar refractivity (Wildman–Crippen MR) is 136 cm³/mol. The van der Waals surface area contributed by atoms with Gasteiger partial charge in [0.05, 0.1) is 17.5 Å². The van der Waals surface area contributed by atoms with E-state index in [0.29, 0.717) is 38.8 Å². The number of carbonyl (C=O) groups is 2. The van der Waals surface area contributed by atoms with Gasteiger partial charge in [-0.15, -0.1) is 23.4 Å². The fraction of sp³-hybridized carbons (Fsp3) is 0.917. The number of hydrogen-bond donors (Lipinski definition) is 4. The van der Waals surface area contributed by atoms with E-state index in [0.717, 1.165) is 32.1 Å². The Bertz CT molecular complexity index is 760. The van der Waals surface area contributed by atoms with Gasteiger partial charge in [0.1, 0.15) is 11.6 Å². The minimum absolute atomic E-state index is 0.0607. The number of alkyl halides is 1. The van der Waals surface area contributed by atoms with Crippen LogP contribution >= 0.6 is 23.4 Å². The highest BCUT2D eigenvalue weighted by atomic mass is 35.5. The summed E-state index contributed by atoms with van der Waals surface area (Å²) in [6.07, 6.45) is 4.44. The van der Waals surface area contributed by atoms with E-state index in [1.807, 2.05) is 4.90 Å². The molecule has 198 valence electrons. The molecule has 9 unspecified atom stereocenters. The van der Waals surface area contributed by atoms with Crippen molar-refractivity contribution >= 4 is 35.2 Å². The molecule has 35 heavy (non-hydrogen) atoms. The summed E-state index contributed by atoms with van der Waals surface area (Å²) in [5.74, 6) is 0.547. The van der Waals surface area contributed by atoms with Crippen molar-refractivity contribution in [1.29, 1.82) is 0 Å². The van der Waals surface area contributed by atoms with Crippen LogP contribution in [0.25, 0.3) is 0 Å². The van der Waals surface area contributed by atoms with E-state index in [9.17, 15) is 9.59 Å². The van der Waals surface area contributed by atoms with Crippen LogP contribution in [0.1, 0.15) is 39.0 Å². The number of methoxy groups -OCH3 is 1. The Kier molecular flexibility index (Phi) is 8.48. The number of thioether (sulfide) groups is 1. The first-order chi connectivity index (χ1) is 16.9. The van der Waals surface area contributed by atoms with Crippen molar-refractivity contribution in [3.05, 3.63) is 0 Å². The third-order valence-corrected chi connectivity index (χ3v) is 10.2. The molecule has 5 aliphatic rings. The van der Waals surface area contributed by atoms with E-state index in [1.54, 1.807) is 18.9 Å². The largest absolute Gasteiger partial charge is 0.380 e. The Morgan fingerprint density at radius 1 is 1.14 bits per heavy atom. The lowest BCUT2D eigenvalue weighted by Crippen LogP contribution is -2.57. The van der Waals surface area contributed by atoms with Crippen LogP contribution in [-0.4, -0.2) is 97.2 Å². The second-order valence-electron chi connectivity index (χ2n) is 10.8. The third-order valence-electron chi connectivity index (χ3n) is 8.50. The van der Waals surface area contributed by atoms with E-state index >= 15 is 0 Å². The van der Waals surface area contributed by atoms with Gasteiger partial charge in [0.25, 0.3) is 5.91 Å². The number of likely N-dealkylation sites (tertiary alicyclic amines) is 1. The quantitative estimate of drug-likeness (QED) is 0.304. The topological polar surface area (TPSA) is 104 Å². The maximum absolute atomic E-state index is 13.5. The molecule has 5 aliphatic heterocycles. The molecule has 0 aromatic heterocycles. The molecule has 5 heterocycles. The molecule has 2 amide bonds. The normalized spacial score (nSPS) is 44.1. The molecule has 5 saturated heterocycles. The van der Waals surface area contributed by atoms with Gasteiger partial charge in [0.15, 0.2) is 0 Å². The minimum Gasteiger partial charge on any atom is -0.380 e. The van der Waals surface area contributed by atoms with E-state index < -0.39 is 0 Å². The summed E-state index contributed by atoms with van der Waals surface area (Å²) in [7, 11) is 1.75. The van der Waals surface area contributed by atoms with Crippen molar-refractivity contribution in [2.75, 3.05) is 39.9 Å². The van der Waals surface area contributed by atoms with Crippen LogP contribution in [0.2, 0.25) is 0 Å². The highest BCUT2D eigenvalue weighted by molar-refractivity contribution is 8.00. The monoisotopic (exact) mass is 529 g/mol. The molecule has 9 nitrogen and oxygen atoms in total. The summed E-state index contributed by atoms with van der Waals surface area (Å²) >= 11 is 8.19. The number of amides is 2. The molecule has 0 bridgehead atoms. The number of ether oxygens (including phenoxy) is 2. The first-order valence-electron chi connectivity index (χ1n) is 13.2. The van der Waals surface area contributed by atoms with E-state index in [-0.39, 0.29) is 64.1 Å². The predicted octanol–water partition coefficient (Wildman–Crippen LogP) is 0.675. The Hall–Kier alpha value is -0.620. The van der Waals surface area contributed by atoms with Crippen molar-refractivity contribution in [3.8, 4) is 0 Å². The lowest BCUT2D eigenvalue weighted by Gasteiger charge is -2.45. The van der Waals surface area contributed by atoms with Gasteiger partial charge in [-0.2, -0.15) is 0 Å². The summed E-state index contributed by atoms with van der Waals surface area (Å²) in [6, 6.07) is 0.553. The van der Waals surface area contributed by atoms with Gasteiger partial charge < -0.3 is 25.0 Å². The summed E-state index contributed by atoms with van der Waals surface area (Å²) in [5.41, 5.74) is -0.218. The third kappa shape index (κ3) is 5.78. The molecular formula is C24H40ClN5O4S. The molecule has 0 aliphatic carbocycles. The van der Waals surface area contributed by atoms with E-state index in [4.69, 9.17) is 21.1 Å². The molecule has 0 aromatic rings. The smallest absolute Gasteiger partial charge is 0.251 e. The standard InChI is InChI=1S/C24H40ClN5O4S/c1-13-7-14(15-8-21(25)27-10-19(15)33-2)16(9-26-13)22(31)29-24-28-17-11-30(12-20(17)35-24)23(32)18-5-3-4-6-34-18/h13-21,24,26-28H,3-12H2,1-2H3,(H,29,31)/t13?,14?,15?,16?,17?,18-,19?,20?,21?,24?/m1/s1. The van der Waals surface area contributed by atoms with E-state index in [2.05, 4.69) is 28.2 Å². The SMILES string of the molecule is COC1CNC(Cl)CC1C1CC(C)NCC1C(=O)NC1NC2CN(C(=O)[C@H]3CCCCO3)CC2S1. The fourth-order valence-electron chi connectivity index (χ4n) is 6.59. The maximum atomic E-state index is 13.5. The summed E-state index contributed by atoms with van der Waals surface area (Å²) < 4.78 is 11.5. The lowest BCUT2D eigenvalue weighted by molar-refractivity contribution is -0.145. The van der Waals surface area contributed by atoms with Crippen LogP contribution in [0.15, 0.2) is 0 Å². The van der Waals surface area contributed by atoms with Gasteiger partial charge in [-0.1, -0.05) is 0 Å². The first kappa shape index (κ1) is 26.0. The number of carbonyl (C=O) groups excluding carboxylic acids is 2. The number of nitrogens with one attached hydrogen (secondary N) is 4. The second kappa shape index (κ2) is 11.4. The molecule has 0 aromatic carbocycles. The highest BCUT2D eigenvalue weighted by Crippen LogP contribution is 2.38. The molecule has 5 fully saturated rings. The van der Waals surface area contributed by atoms with Crippen LogP contribution in [0.5, 0.6) is 0 Å². The molecular weight excluding hydrogens is 490 g/mol. The Labute approximate surface area is 217 Å². The van der Waals surface area contributed by atoms with Crippen molar-refractivity contribution < 1.29 is 19.1 Å². The van der Waals surface area contributed by atoms with Gasteiger partial charge in [0.2, 0.25) is 5.91 Å². The maximum Gasteiger partial charge on any atom is 0.251 e. The Morgan fingerprint density at radius 3 is 2.74 bits per heavy atom.